The van der Waals surface area contributed by atoms with E-state index < -0.39 is 0 Å². The highest BCUT2D eigenvalue weighted by Gasteiger charge is 2.23. The molecule has 1 aliphatic carbocycles. The van der Waals surface area contributed by atoms with Crippen LogP contribution in [0.4, 0.5) is 11.6 Å². The maximum atomic E-state index is 11.2. The van der Waals surface area contributed by atoms with Crippen molar-refractivity contribution in [3.63, 3.8) is 0 Å². The quantitative estimate of drug-likeness (QED) is 0.590. The molecule has 0 saturated carbocycles. The number of aryl methyl sites for hydroxylation is 2. The Bertz CT molecular complexity index is 811. The predicted molar refractivity (Wildman–Crippen MR) is 83.4 cm³/mol. The molecule has 0 bridgehead atoms. The Morgan fingerprint density at radius 1 is 1.48 bits per heavy atom. The number of nitrogens with zero attached hydrogens (tertiary/aromatic N) is 3. The molecule has 0 fully saturated rings. The van der Waals surface area contributed by atoms with Crippen LogP contribution in [0, 0.1) is 10.1 Å². The van der Waals surface area contributed by atoms with Crippen molar-refractivity contribution < 1.29 is 4.92 Å². The second kappa shape index (κ2) is 4.81. The summed E-state index contributed by atoms with van der Waals surface area (Å²) < 4.78 is 1.52. The summed E-state index contributed by atoms with van der Waals surface area (Å²) >= 11 is 3.19. The van der Waals surface area contributed by atoms with E-state index in [1.54, 1.807) is 22.9 Å². The number of aromatic nitrogens is 2. The monoisotopic (exact) mass is 320 g/mol. The number of thiazole rings is 1. The third-order valence-electron chi connectivity index (χ3n) is 3.64. The maximum Gasteiger partial charge on any atom is 0.372 e. The number of nitro groups is 1. The van der Waals surface area contributed by atoms with Crippen LogP contribution in [0.15, 0.2) is 17.6 Å². The predicted octanol–water partition coefficient (Wildman–Crippen LogP) is 3.47. The smallest absolute Gasteiger partial charge is 0.358 e. The Hall–Kier alpha value is -1.93. The fourth-order valence-electron chi connectivity index (χ4n) is 2.72. The van der Waals surface area contributed by atoms with Gasteiger partial charge >= 0.3 is 5.82 Å². The van der Waals surface area contributed by atoms with Crippen LogP contribution in [0.3, 0.4) is 0 Å². The first-order valence-corrected chi connectivity index (χ1v) is 8.36. The molecule has 21 heavy (non-hydrogen) atoms. The number of hydrogen-bond acceptors (Lipinski definition) is 6. The zero-order chi connectivity index (χ0) is 14.4. The average molecular weight is 320 g/mol. The molecule has 4 rings (SSSR count). The van der Waals surface area contributed by atoms with Crippen LogP contribution in [0.5, 0.6) is 0 Å². The van der Waals surface area contributed by atoms with E-state index in [9.17, 15) is 10.1 Å². The molecule has 1 aliphatic rings. The molecule has 6 nitrogen and oxygen atoms in total. The van der Waals surface area contributed by atoms with Gasteiger partial charge in [-0.3, -0.25) is 0 Å². The molecule has 3 aromatic heterocycles. The minimum Gasteiger partial charge on any atom is -0.358 e. The second-order valence-electron chi connectivity index (χ2n) is 4.96. The Morgan fingerprint density at radius 3 is 3.19 bits per heavy atom. The van der Waals surface area contributed by atoms with E-state index in [1.165, 1.54) is 43.9 Å². The van der Waals surface area contributed by atoms with E-state index in [-0.39, 0.29) is 10.7 Å². The van der Waals surface area contributed by atoms with Crippen LogP contribution in [0.1, 0.15) is 21.7 Å². The van der Waals surface area contributed by atoms with Gasteiger partial charge in [0.2, 0.25) is 5.82 Å². The van der Waals surface area contributed by atoms with Crippen LogP contribution in [-0.2, 0) is 19.4 Å². The molecule has 1 N–H and O–H groups in total. The lowest BCUT2D eigenvalue weighted by Crippen LogP contribution is -2.02. The van der Waals surface area contributed by atoms with E-state index in [1.807, 2.05) is 0 Å². The highest BCUT2D eigenvalue weighted by molar-refractivity contribution is 7.15. The normalized spacial score (nSPS) is 13.7. The Labute approximate surface area is 128 Å². The number of nitrogens with one attached hydrogen (secondary N) is 1. The molecular weight excluding hydrogens is 308 g/mol. The van der Waals surface area contributed by atoms with Crippen molar-refractivity contribution >= 4 is 39.3 Å². The first-order chi connectivity index (χ1) is 10.2. The molecule has 3 heterocycles. The van der Waals surface area contributed by atoms with Crippen molar-refractivity contribution in [2.75, 3.05) is 5.32 Å². The Morgan fingerprint density at radius 2 is 2.38 bits per heavy atom. The van der Waals surface area contributed by atoms with Gasteiger partial charge in [-0.2, -0.15) is 9.38 Å². The summed E-state index contributed by atoms with van der Waals surface area (Å²) in [6.07, 6.45) is 5.25. The summed E-state index contributed by atoms with van der Waals surface area (Å²) in [6, 6.07) is 2.21. The molecule has 0 saturated heterocycles. The van der Waals surface area contributed by atoms with Crippen molar-refractivity contribution in [1.82, 2.24) is 9.38 Å². The van der Waals surface area contributed by atoms with Crippen LogP contribution in [0.2, 0.25) is 0 Å². The van der Waals surface area contributed by atoms with E-state index in [0.717, 1.165) is 6.42 Å². The van der Waals surface area contributed by atoms with Crippen LogP contribution < -0.4 is 5.32 Å². The highest BCUT2D eigenvalue weighted by Crippen LogP contribution is 2.32. The van der Waals surface area contributed by atoms with Gasteiger partial charge in [0.15, 0.2) is 0 Å². The first kappa shape index (κ1) is 12.8. The van der Waals surface area contributed by atoms with Gasteiger partial charge in [-0.15, -0.1) is 11.3 Å². The fourth-order valence-corrected chi connectivity index (χ4v) is 4.63. The number of imidazole rings is 1. The third kappa shape index (κ3) is 2.11. The molecule has 0 aliphatic heterocycles. The standard InChI is InChI=1S/C13H12N4O2S2/c18-17(19)12-11(15-13-16(12)4-5-20-13)14-7-9-6-8-2-1-3-10(8)21-9/h4-6,14H,1-3,7H2. The second-order valence-corrected chi connectivity index (χ2v) is 7.06. The Balaban J connectivity index is 1.60. The van der Waals surface area contributed by atoms with E-state index >= 15 is 0 Å². The largest absolute Gasteiger partial charge is 0.372 e. The van der Waals surface area contributed by atoms with Crippen molar-refractivity contribution in [2.45, 2.75) is 25.8 Å². The van der Waals surface area contributed by atoms with Crippen molar-refractivity contribution in [3.05, 3.63) is 43.1 Å². The van der Waals surface area contributed by atoms with Crippen LogP contribution >= 0.6 is 22.7 Å². The molecule has 0 radical (unpaired) electrons. The highest BCUT2D eigenvalue weighted by atomic mass is 32.1. The Kier molecular flexibility index (Phi) is 2.93. The first-order valence-electron chi connectivity index (χ1n) is 6.66. The topological polar surface area (TPSA) is 72.5 Å². The molecule has 0 spiro atoms. The number of fused-ring (bicyclic) bond motifs is 2. The number of thiophene rings is 1. The lowest BCUT2D eigenvalue weighted by molar-refractivity contribution is -0.389. The van der Waals surface area contributed by atoms with E-state index in [0.29, 0.717) is 17.3 Å². The van der Waals surface area contributed by atoms with Crippen molar-refractivity contribution in [1.29, 1.82) is 0 Å². The maximum absolute atomic E-state index is 11.2. The van der Waals surface area contributed by atoms with E-state index in [4.69, 9.17) is 0 Å². The third-order valence-corrected chi connectivity index (χ3v) is 5.63. The van der Waals surface area contributed by atoms with Gasteiger partial charge in [-0.25, -0.2) is 0 Å². The molecule has 3 aromatic rings. The lowest BCUT2D eigenvalue weighted by atomic mass is 10.2. The van der Waals surface area contributed by atoms with Gasteiger partial charge in [0.05, 0.1) is 6.54 Å². The van der Waals surface area contributed by atoms with Crippen molar-refractivity contribution in [3.8, 4) is 0 Å². The van der Waals surface area contributed by atoms with Crippen LogP contribution in [0.25, 0.3) is 4.96 Å². The summed E-state index contributed by atoms with van der Waals surface area (Å²) in [6.45, 7) is 0.587. The molecular formula is C13H12N4O2S2. The molecule has 0 atom stereocenters. The van der Waals surface area contributed by atoms with Gasteiger partial charge in [0.25, 0.3) is 4.96 Å². The summed E-state index contributed by atoms with van der Waals surface area (Å²) in [5.41, 5.74) is 1.44. The zero-order valence-electron chi connectivity index (χ0n) is 11.0. The molecule has 108 valence electrons. The summed E-state index contributed by atoms with van der Waals surface area (Å²) in [5.74, 6) is 0.357. The fraction of sp³-hybridized carbons (Fsp3) is 0.308. The van der Waals surface area contributed by atoms with Crippen molar-refractivity contribution in [2.24, 2.45) is 0 Å². The SMILES string of the molecule is O=[N+]([O-])c1c(NCc2cc3c(s2)CCC3)nc2sccn12. The van der Waals surface area contributed by atoms with Gasteiger partial charge in [-0.05, 0) is 35.8 Å². The van der Waals surface area contributed by atoms with Crippen LogP contribution in [-0.4, -0.2) is 14.3 Å². The number of anilines is 1. The summed E-state index contributed by atoms with van der Waals surface area (Å²) in [4.78, 5) is 18.5. The molecule has 0 unspecified atom stereocenters. The number of rotatable bonds is 4. The van der Waals surface area contributed by atoms with E-state index in [2.05, 4.69) is 16.4 Å². The van der Waals surface area contributed by atoms with Gasteiger partial charge in [0.1, 0.15) is 6.20 Å². The lowest BCUT2D eigenvalue weighted by Gasteiger charge is -2.01. The zero-order valence-corrected chi connectivity index (χ0v) is 12.7. The average Bonchev–Trinajstić information content (AvgIpc) is 3.14. The summed E-state index contributed by atoms with van der Waals surface area (Å²) in [5, 5.41) is 16.1. The molecule has 0 aromatic carbocycles. The molecule has 8 heteroatoms. The number of hydrogen-bond donors (Lipinski definition) is 1. The minimum absolute atomic E-state index is 0.00958. The van der Waals surface area contributed by atoms with Gasteiger partial charge in [-0.1, -0.05) is 11.3 Å². The van der Waals surface area contributed by atoms with Gasteiger partial charge in [0, 0.05) is 15.1 Å². The minimum atomic E-state index is -0.385. The molecule has 0 amide bonds. The van der Waals surface area contributed by atoms with Gasteiger partial charge < -0.3 is 15.4 Å². The summed E-state index contributed by atoms with van der Waals surface area (Å²) in [7, 11) is 0.